The molecule has 0 aliphatic rings. The van der Waals surface area contributed by atoms with Gasteiger partial charge in [-0.05, 0) is 41.1 Å². The molecule has 1 amide bonds. The van der Waals surface area contributed by atoms with Gasteiger partial charge in [0.25, 0.3) is 0 Å². The van der Waals surface area contributed by atoms with Crippen molar-refractivity contribution in [1.82, 2.24) is 8.61 Å². The van der Waals surface area contributed by atoms with Crippen molar-refractivity contribution in [1.29, 1.82) is 0 Å². The molecule has 3 aromatic carbocycles. The first-order chi connectivity index (χ1) is 15.5. The van der Waals surface area contributed by atoms with Gasteiger partial charge in [-0.25, -0.2) is 21.1 Å². The van der Waals surface area contributed by atoms with Crippen molar-refractivity contribution in [2.75, 3.05) is 40.1 Å². The molecule has 11 heteroatoms. The van der Waals surface area contributed by atoms with Crippen LogP contribution in [0.3, 0.4) is 0 Å². The third-order valence-corrected chi connectivity index (χ3v) is 8.64. The van der Waals surface area contributed by atoms with Crippen LogP contribution in [0.15, 0.2) is 70.5 Å². The van der Waals surface area contributed by atoms with E-state index in [2.05, 4.69) is 5.32 Å². The maximum Gasteiger partial charge on any atom is 0.246 e. The van der Waals surface area contributed by atoms with Crippen molar-refractivity contribution in [2.24, 2.45) is 0 Å². The summed E-state index contributed by atoms with van der Waals surface area (Å²) in [5.41, 5.74) is 0.192. The number of methoxy groups -OCH3 is 1. The predicted octanol–water partition coefficient (Wildman–Crippen LogP) is 2.36. The van der Waals surface area contributed by atoms with Crippen molar-refractivity contribution in [3.8, 4) is 5.75 Å². The summed E-state index contributed by atoms with van der Waals surface area (Å²) in [6.07, 6.45) is 0. The number of benzene rings is 3. The Morgan fingerprint density at radius 2 is 1.55 bits per heavy atom. The molecule has 0 bridgehead atoms. The van der Waals surface area contributed by atoms with Crippen LogP contribution in [0.25, 0.3) is 10.8 Å². The summed E-state index contributed by atoms with van der Waals surface area (Å²) < 4.78 is 58.1. The van der Waals surface area contributed by atoms with Crippen LogP contribution in [0, 0.1) is 0 Å². The normalized spacial score (nSPS) is 12.3. The third-order valence-electron chi connectivity index (χ3n) is 5.00. The van der Waals surface area contributed by atoms with Crippen molar-refractivity contribution in [2.45, 2.75) is 9.79 Å². The van der Waals surface area contributed by atoms with E-state index in [-0.39, 0.29) is 21.2 Å². The van der Waals surface area contributed by atoms with E-state index in [0.29, 0.717) is 0 Å². The van der Waals surface area contributed by atoms with Crippen molar-refractivity contribution in [3.63, 3.8) is 0 Å². The molecule has 0 aliphatic heterocycles. The fourth-order valence-electron chi connectivity index (χ4n) is 3.15. The van der Waals surface area contributed by atoms with Gasteiger partial charge >= 0.3 is 0 Å². The monoisotopic (exact) mass is 491 g/mol. The second kappa shape index (κ2) is 9.48. The van der Waals surface area contributed by atoms with Crippen LogP contribution in [-0.2, 0) is 24.8 Å². The molecule has 33 heavy (non-hydrogen) atoms. The zero-order valence-corrected chi connectivity index (χ0v) is 20.3. The van der Waals surface area contributed by atoms with Gasteiger partial charge in [0.15, 0.2) is 0 Å². The average Bonchev–Trinajstić information content (AvgIpc) is 2.78. The van der Waals surface area contributed by atoms with Crippen LogP contribution in [-0.4, -0.2) is 66.2 Å². The molecule has 0 unspecified atom stereocenters. The summed E-state index contributed by atoms with van der Waals surface area (Å²) in [5, 5.41) is 4.22. The number of hydrogen-bond acceptors (Lipinski definition) is 6. The number of sulfonamides is 2. The number of hydrogen-bond donors (Lipinski definition) is 1. The molecular formula is C22H25N3O6S2. The minimum Gasteiger partial charge on any atom is -0.495 e. The average molecular weight is 492 g/mol. The fraction of sp³-hybridized carbons (Fsp3) is 0.227. The Balaban J connectivity index is 1.80. The number of ether oxygens (including phenoxy) is 1. The summed E-state index contributed by atoms with van der Waals surface area (Å²) in [7, 11) is -2.34. The van der Waals surface area contributed by atoms with Crippen LogP contribution in [0.4, 0.5) is 5.69 Å². The first-order valence-electron chi connectivity index (χ1n) is 9.82. The van der Waals surface area contributed by atoms with Crippen LogP contribution < -0.4 is 10.1 Å². The van der Waals surface area contributed by atoms with Crippen molar-refractivity contribution in [3.05, 3.63) is 60.7 Å². The van der Waals surface area contributed by atoms with E-state index in [9.17, 15) is 21.6 Å². The number of nitrogens with one attached hydrogen (secondary N) is 1. The highest BCUT2D eigenvalue weighted by atomic mass is 32.2. The topological polar surface area (TPSA) is 113 Å². The summed E-state index contributed by atoms with van der Waals surface area (Å²) in [4.78, 5) is 12.5. The summed E-state index contributed by atoms with van der Waals surface area (Å²) in [5.74, 6) is -0.502. The molecule has 0 aromatic heterocycles. The number of carbonyl (C=O) groups excluding carboxylic acids is 1. The standard InChI is InChI=1S/C22H25N3O6S2/c1-24(2)33(29,30)21-14-18(10-12-20(21)31-4)23-22(26)15-25(3)32(27,28)19-11-9-16-7-5-6-8-17(16)13-19/h5-14H,15H2,1-4H3,(H,23,26). The van der Waals surface area contributed by atoms with Gasteiger partial charge in [-0.2, -0.15) is 4.31 Å². The molecule has 9 nitrogen and oxygen atoms in total. The van der Waals surface area contributed by atoms with Gasteiger partial charge < -0.3 is 10.1 Å². The molecule has 0 atom stereocenters. The van der Waals surface area contributed by atoms with E-state index in [1.807, 2.05) is 24.3 Å². The lowest BCUT2D eigenvalue weighted by atomic mass is 10.1. The minimum atomic E-state index is -3.92. The first kappa shape index (κ1) is 24.6. The Kier molecular flexibility index (Phi) is 7.08. The van der Waals surface area contributed by atoms with Crippen LogP contribution in [0.2, 0.25) is 0 Å². The number of nitrogens with zero attached hydrogens (tertiary/aromatic N) is 2. The molecule has 0 saturated heterocycles. The minimum absolute atomic E-state index is 0.0697. The lowest BCUT2D eigenvalue weighted by molar-refractivity contribution is -0.116. The molecule has 0 aliphatic carbocycles. The number of fused-ring (bicyclic) bond motifs is 1. The number of rotatable bonds is 8. The molecular weight excluding hydrogens is 466 g/mol. The molecule has 3 rings (SSSR count). The summed E-state index contributed by atoms with van der Waals surface area (Å²) >= 11 is 0. The number of carbonyl (C=O) groups is 1. The molecule has 0 radical (unpaired) electrons. The molecule has 3 aromatic rings. The zero-order valence-electron chi connectivity index (χ0n) is 18.6. The highest BCUT2D eigenvalue weighted by molar-refractivity contribution is 7.89. The number of anilines is 1. The lowest BCUT2D eigenvalue weighted by Crippen LogP contribution is -2.35. The van der Waals surface area contributed by atoms with E-state index in [0.717, 1.165) is 19.4 Å². The van der Waals surface area contributed by atoms with Gasteiger partial charge in [0.1, 0.15) is 10.6 Å². The SMILES string of the molecule is COc1ccc(NC(=O)CN(C)S(=O)(=O)c2ccc3ccccc3c2)cc1S(=O)(=O)N(C)C. The highest BCUT2D eigenvalue weighted by Crippen LogP contribution is 2.29. The Morgan fingerprint density at radius 1 is 0.879 bits per heavy atom. The fourth-order valence-corrected chi connectivity index (χ4v) is 5.39. The van der Waals surface area contributed by atoms with Gasteiger partial charge in [0.05, 0.1) is 18.6 Å². The Bertz CT molecular complexity index is 1400. The second-order valence-corrected chi connectivity index (χ2v) is 11.6. The van der Waals surface area contributed by atoms with E-state index in [1.165, 1.54) is 52.5 Å². The predicted molar refractivity (Wildman–Crippen MR) is 126 cm³/mol. The maximum atomic E-state index is 13.0. The smallest absolute Gasteiger partial charge is 0.246 e. The maximum absolute atomic E-state index is 13.0. The van der Waals surface area contributed by atoms with Crippen molar-refractivity contribution < 1.29 is 26.4 Å². The molecule has 1 N–H and O–H groups in total. The molecule has 0 fully saturated rings. The Labute approximate surface area is 193 Å². The van der Waals surface area contributed by atoms with E-state index >= 15 is 0 Å². The van der Waals surface area contributed by atoms with Crippen molar-refractivity contribution >= 4 is 42.4 Å². The largest absolute Gasteiger partial charge is 0.495 e. The lowest BCUT2D eigenvalue weighted by Gasteiger charge is -2.18. The summed E-state index contributed by atoms with van der Waals surface area (Å²) in [6, 6.07) is 16.3. The number of likely N-dealkylation sites (N-methyl/N-ethyl adjacent to an activating group) is 1. The van der Waals surface area contributed by atoms with Gasteiger partial charge in [-0.15, -0.1) is 0 Å². The molecule has 0 spiro atoms. The third kappa shape index (κ3) is 5.17. The van der Waals surface area contributed by atoms with Gasteiger partial charge in [0, 0.05) is 26.8 Å². The second-order valence-electron chi connectivity index (χ2n) is 7.47. The zero-order chi connectivity index (χ0) is 24.4. The molecule has 0 heterocycles. The van der Waals surface area contributed by atoms with E-state index in [4.69, 9.17) is 4.74 Å². The number of amides is 1. The molecule has 0 saturated carbocycles. The molecule has 176 valence electrons. The Morgan fingerprint density at radius 3 is 2.18 bits per heavy atom. The van der Waals surface area contributed by atoms with Gasteiger partial charge in [-0.3, -0.25) is 4.79 Å². The van der Waals surface area contributed by atoms with Gasteiger partial charge in [-0.1, -0.05) is 30.3 Å². The van der Waals surface area contributed by atoms with Crippen LogP contribution in [0.5, 0.6) is 5.75 Å². The van der Waals surface area contributed by atoms with Crippen LogP contribution in [0.1, 0.15) is 0 Å². The quantitative estimate of drug-likeness (QED) is 0.518. The highest BCUT2D eigenvalue weighted by Gasteiger charge is 2.25. The van der Waals surface area contributed by atoms with Crippen LogP contribution >= 0.6 is 0 Å². The summed E-state index contributed by atoms with van der Waals surface area (Å²) in [6.45, 7) is -0.461. The van der Waals surface area contributed by atoms with E-state index in [1.54, 1.807) is 12.1 Å². The van der Waals surface area contributed by atoms with E-state index < -0.39 is 32.5 Å². The first-order valence-corrected chi connectivity index (χ1v) is 12.7. The van der Waals surface area contributed by atoms with Gasteiger partial charge in [0.2, 0.25) is 26.0 Å². The Hall–Kier alpha value is -2.99.